The first-order chi connectivity index (χ1) is 7.41. The van der Waals surface area contributed by atoms with Gasteiger partial charge in [0.05, 0.1) is 6.04 Å². The molecular weight excluding hydrogens is 202 g/mol. The maximum absolute atomic E-state index is 11.7. The molecule has 0 bridgehead atoms. The molecule has 88 valence electrons. The lowest BCUT2D eigenvalue weighted by molar-refractivity contribution is -0.124. The van der Waals surface area contributed by atoms with Gasteiger partial charge in [-0.05, 0) is 17.0 Å². The van der Waals surface area contributed by atoms with Crippen LogP contribution in [0, 0.1) is 5.41 Å². The minimum atomic E-state index is -0.496. The molecule has 0 spiro atoms. The Morgan fingerprint density at radius 1 is 1.56 bits per heavy atom. The van der Waals surface area contributed by atoms with Crippen LogP contribution in [0.4, 0.5) is 0 Å². The van der Waals surface area contributed by atoms with Crippen molar-refractivity contribution in [2.24, 2.45) is 11.1 Å². The molecule has 0 saturated carbocycles. The second kappa shape index (κ2) is 5.07. The molecule has 4 nitrogen and oxygen atoms in total. The molecule has 4 heteroatoms. The summed E-state index contributed by atoms with van der Waals surface area (Å²) in [7, 11) is 0. The number of pyridine rings is 1. The van der Waals surface area contributed by atoms with E-state index in [0.29, 0.717) is 6.54 Å². The van der Waals surface area contributed by atoms with Crippen molar-refractivity contribution < 1.29 is 4.79 Å². The number of nitrogens with one attached hydrogen (secondary N) is 1. The summed E-state index contributed by atoms with van der Waals surface area (Å²) in [5.41, 5.74) is 6.58. The second-order valence-corrected chi connectivity index (χ2v) is 4.92. The number of rotatable bonds is 3. The van der Waals surface area contributed by atoms with E-state index in [1.807, 2.05) is 32.9 Å². The first-order valence-electron chi connectivity index (χ1n) is 5.33. The van der Waals surface area contributed by atoms with Crippen molar-refractivity contribution in [2.75, 3.05) is 0 Å². The Balaban J connectivity index is 2.48. The van der Waals surface area contributed by atoms with Crippen molar-refractivity contribution in [2.45, 2.75) is 33.4 Å². The lowest BCUT2D eigenvalue weighted by Crippen LogP contribution is -2.48. The minimum absolute atomic E-state index is 0.128. The third-order valence-electron chi connectivity index (χ3n) is 2.41. The van der Waals surface area contributed by atoms with E-state index >= 15 is 0 Å². The molecule has 0 aromatic carbocycles. The van der Waals surface area contributed by atoms with E-state index in [1.54, 1.807) is 12.4 Å². The summed E-state index contributed by atoms with van der Waals surface area (Å²) < 4.78 is 0. The largest absolute Gasteiger partial charge is 0.351 e. The van der Waals surface area contributed by atoms with Crippen LogP contribution in [0.1, 0.15) is 26.3 Å². The average Bonchev–Trinajstić information content (AvgIpc) is 2.25. The zero-order chi connectivity index (χ0) is 12.2. The van der Waals surface area contributed by atoms with Crippen molar-refractivity contribution >= 4 is 5.91 Å². The molecule has 0 radical (unpaired) electrons. The van der Waals surface area contributed by atoms with E-state index in [2.05, 4.69) is 10.3 Å². The second-order valence-electron chi connectivity index (χ2n) is 4.92. The molecule has 0 aliphatic heterocycles. The third-order valence-corrected chi connectivity index (χ3v) is 2.41. The highest BCUT2D eigenvalue weighted by atomic mass is 16.2. The van der Waals surface area contributed by atoms with Gasteiger partial charge in [-0.3, -0.25) is 9.78 Å². The van der Waals surface area contributed by atoms with E-state index in [4.69, 9.17) is 5.73 Å². The number of amides is 1. The van der Waals surface area contributed by atoms with Crippen LogP contribution in [0.3, 0.4) is 0 Å². The van der Waals surface area contributed by atoms with E-state index < -0.39 is 6.04 Å². The van der Waals surface area contributed by atoms with Crippen molar-refractivity contribution in [3.63, 3.8) is 0 Å². The van der Waals surface area contributed by atoms with Gasteiger partial charge in [-0.25, -0.2) is 0 Å². The van der Waals surface area contributed by atoms with Gasteiger partial charge in [0, 0.05) is 18.9 Å². The molecule has 1 heterocycles. The number of carbonyl (C=O) groups is 1. The van der Waals surface area contributed by atoms with Crippen LogP contribution in [-0.4, -0.2) is 16.9 Å². The van der Waals surface area contributed by atoms with Gasteiger partial charge in [0.2, 0.25) is 5.91 Å². The van der Waals surface area contributed by atoms with Crippen molar-refractivity contribution in [3.05, 3.63) is 30.1 Å². The molecule has 0 saturated heterocycles. The molecule has 1 unspecified atom stereocenters. The van der Waals surface area contributed by atoms with Crippen LogP contribution in [0.15, 0.2) is 24.5 Å². The van der Waals surface area contributed by atoms with E-state index in [-0.39, 0.29) is 11.3 Å². The summed E-state index contributed by atoms with van der Waals surface area (Å²) in [5.74, 6) is -0.128. The standard InChI is InChI=1S/C12H19N3O/c1-12(2,3)10(13)11(16)15-8-9-5-4-6-14-7-9/h4-7,10H,8,13H2,1-3H3,(H,15,16). The van der Waals surface area contributed by atoms with Crippen LogP contribution in [-0.2, 0) is 11.3 Å². The molecule has 0 fully saturated rings. The Morgan fingerprint density at radius 2 is 2.25 bits per heavy atom. The number of nitrogens with zero attached hydrogens (tertiary/aromatic N) is 1. The fourth-order valence-electron chi connectivity index (χ4n) is 1.20. The van der Waals surface area contributed by atoms with Gasteiger partial charge < -0.3 is 11.1 Å². The Kier molecular flexibility index (Phi) is 4.01. The molecule has 16 heavy (non-hydrogen) atoms. The molecule has 3 N–H and O–H groups in total. The van der Waals surface area contributed by atoms with Gasteiger partial charge in [-0.15, -0.1) is 0 Å². The SMILES string of the molecule is CC(C)(C)C(N)C(=O)NCc1cccnc1. The summed E-state index contributed by atoms with van der Waals surface area (Å²) in [4.78, 5) is 15.7. The topological polar surface area (TPSA) is 68.0 Å². The zero-order valence-corrected chi connectivity index (χ0v) is 10.0. The zero-order valence-electron chi connectivity index (χ0n) is 10.0. The van der Waals surface area contributed by atoms with E-state index in [9.17, 15) is 4.79 Å². The Bertz CT molecular complexity index is 343. The molecular formula is C12H19N3O. The molecule has 1 rings (SSSR count). The maximum Gasteiger partial charge on any atom is 0.237 e. The van der Waals surface area contributed by atoms with Crippen LogP contribution in [0.25, 0.3) is 0 Å². The van der Waals surface area contributed by atoms with E-state index in [1.165, 1.54) is 0 Å². The number of nitrogens with two attached hydrogens (primary N) is 1. The minimum Gasteiger partial charge on any atom is -0.351 e. The van der Waals surface area contributed by atoms with Gasteiger partial charge in [0.1, 0.15) is 0 Å². The van der Waals surface area contributed by atoms with Gasteiger partial charge in [-0.1, -0.05) is 26.8 Å². The van der Waals surface area contributed by atoms with Crippen LogP contribution < -0.4 is 11.1 Å². The van der Waals surface area contributed by atoms with Gasteiger partial charge in [0.25, 0.3) is 0 Å². The summed E-state index contributed by atoms with van der Waals surface area (Å²) in [6.45, 7) is 6.31. The van der Waals surface area contributed by atoms with Crippen LogP contribution >= 0.6 is 0 Å². The molecule has 1 atom stereocenters. The predicted octanol–water partition coefficient (Wildman–Crippen LogP) is 1.07. The third kappa shape index (κ3) is 3.62. The number of aromatic nitrogens is 1. The normalized spacial score (nSPS) is 13.2. The van der Waals surface area contributed by atoms with E-state index in [0.717, 1.165) is 5.56 Å². The maximum atomic E-state index is 11.7. The monoisotopic (exact) mass is 221 g/mol. The predicted molar refractivity (Wildman–Crippen MR) is 63.5 cm³/mol. The highest BCUT2D eigenvalue weighted by Crippen LogP contribution is 2.17. The summed E-state index contributed by atoms with van der Waals surface area (Å²) in [6.07, 6.45) is 3.43. The fourth-order valence-corrected chi connectivity index (χ4v) is 1.20. The molecule has 0 aliphatic carbocycles. The first-order valence-corrected chi connectivity index (χ1v) is 5.33. The average molecular weight is 221 g/mol. The van der Waals surface area contributed by atoms with Crippen LogP contribution in [0.5, 0.6) is 0 Å². The lowest BCUT2D eigenvalue weighted by Gasteiger charge is -2.25. The lowest BCUT2D eigenvalue weighted by atomic mass is 9.87. The number of carbonyl (C=O) groups excluding carboxylic acids is 1. The molecule has 1 amide bonds. The molecule has 1 aromatic heterocycles. The Labute approximate surface area is 96.3 Å². The number of hydrogen-bond donors (Lipinski definition) is 2. The fraction of sp³-hybridized carbons (Fsp3) is 0.500. The molecule has 0 aliphatic rings. The molecule has 1 aromatic rings. The highest BCUT2D eigenvalue weighted by Gasteiger charge is 2.26. The Morgan fingerprint density at radius 3 is 2.75 bits per heavy atom. The quantitative estimate of drug-likeness (QED) is 0.802. The highest BCUT2D eigenvalue weighted by molar-refractivity contribution is 5.82. The summed E-state index contributed by atoms with van der Waals surface area (Å²) >= 11 is 0. The Hall–Kier alpha value is -1.42. The van der Waals surface area contributed by atoms with Gasteiger partial charge in [-0.2, -0.15) is 0 Å². The van der Waals surface area contributed by atoms with Crippen molar-refractivity contribution in [3.8, 4) is 0 Å². The summed E-state index contributed by atoms with van der Waals surface area (Å²) in [6, 6.07) is 3.25. The first kappa shape index (κ1) is 12.6. The van der Waals surface area contributed by atoms with Gasteiger partial charge >= 0.3 is 0 Å². The number of hydrogen-bond acceptors (Lipinski definition) is 3. The van der Waals surface area contributed by atoms with Crippen molar-refractivity contribution in [1.29, 1.82) is 0 Å². The van der Waals surface area contributed by atoms with Crippen molar-refractivity contribution in [1.82, 2.24) is 10.3 Å². The summed E-state index contributed by atoms with van der Waals surface area (Å²) in [5, 5.41) is 2.80. The van der Waals surface area contributed by atoms with Gasteiger partial charge in [0.15, 0.2) is 0 Å². The smallest absolute Gasteiger partial charge is 0.237 e. The van der Waals surface area contributed by atoms with Crippen LogP contribution in [0.2, 0.25) is 0 Å².